The summed E-state index contributed by atoms with van der Waals surface area (Å²) in [5.41, 5.74) is 7.89. The summed E-state index contributed by atoms with van der Waals surface area (Å²) in [6.45, 7) is 11.6. The van der Waals surface area contributed by atoms with Crippen LogP contribution in [0.2, 0.25) is 18.1 Å². The lowest BCUT2D eigenvalue weighted by Crippen LogP contribution is -2.40. The highest BCUT2D eigenvalue weighted by Crippen LogP contribution is 2.39. The summed E-state index contributed by atoms with van der Waals surface area (Å²) in [5, 5.41) is 8.37. The van der Waals surface area contributed by atoms with Crippen LogP contribution in [0, 0.1) is 0 Å². The molecular formula is C20H28N4O3Si. The van der Waals surface area contributed by atoms with Gasteiger partial charge in [-0.3, -0.25) is 4.57 Å². The van der Waals surface area contributed by atoms with E-state index in [9.17, 15) is 0 Å². The molecule has 2 N–H and O–H groups in total. The molecule has 28 heavy (non-hydrogen) atoms. The smallest absolute Gasteiger partial charge is 0.227 e. The molecule has 3 rings (SSSR count). The molecule has 0 aliphatic rings. The summed E-state index contributed by atoms with van der Waals surface area (Å²) in [6.07, 6.45) is 1.59. The van der Waals surface area contributed by atoms with E-state index in [-0.39, 0.29) is 11.0 Å². The molecule has 0 saturated carbocycles. The van der Waals surface area contributed by atoms with Crippen molar-refractivity contribution in [1.82, 2.24) is 14.8 Å². The summed E-state index contributed by atoms with van der Waals surface area (Å²) in [4.78, 5) is 0. The van der Waals surface area contributed by atoms with Crippen molar-refractivity contribution in [2.45, 2.75) is 45.5 Å². The second kappa shape index (κ2) is 7.44. The molecular weight excluding hydrogens is 372 g/mol. The highest BCUT2D eigenvalue weighted by molar-refractivity contribution is 6.74. The fourth-order valence-electron chi connectivity index (χ4n) is 2.66. The standard InChI is InChI=1S/C20H28N4O3Si/c1-20(2,3)28(5,6)27-13-14-9-7-10-15(25-4)17(14)24-18(22-23-19(24)21)16-11-8-12-26-16/h7-12H,13H2,1-6H3,(H2,21,23). The number of aromatic nitrogens is 3. The Bertz CT molecular complexity index is 943. The summed E-state index contributed by atoms with van der Waals surface area (Å²) < 4.78 is 19.4. The molecule has 2 heterocycles. The Hall–Kier alpha value is -2.58. The summed E-state index contributed by atoms with van der Waals surface area (Å²) >= 11 is 0. The Balaban J connectivity index is 2.09. The van der Waals surface area contributed by atoms with Gasteiger partial charge >= 0.3 is 0 Å². The molecule has 0 aliphatic carbocycles. The SMILES string of the molecule is COc1cccc(CO[Si](C)(C)C(C)(C)C)c1-n1c(N)nnc1-c1ccco1. The van der Waals surface area contributed by atoms with Crippen LogP contribution in [0.3, 0.4) is 0 Å². The van der Waals surface area contributed by atoms with Gasteiger partial charge in [-0.25, -0.2) is 0 Å². The van der Waals surface area contributed by atoms with E-state index < -0.39 is 8.32 Å². The average Bonchev–Trinajstić information content (AvgIpc) is 3.28. The molecule has 1 aromatic carbocycles. The van der Waals surface area contributed by atoms with Crippen LogP contribution in [-0.4, -0.2) is 30.2 Å². The van der Waals surface area contributed by atoms with E-state index in [1.54, 1.807) is 24.0 Å². The first kappa shape index (κ1) is 20.2. The fourth-order valence-corrected chi connectivity index (χ4v) is 3.61. The first-order chi connectivity index (χ1) is 13.2. The van der Waals surface area contributed by atoms with Crippen LogP contribution in [0.4, 0.5) is 5.95 Å². The van der Waals surface area contributed by atoms with Crippen molar-refractivity contribution in [2.24, 2.45) is 0 Å². The Morgan fingerprint density at radius 1 is 1.14 bits per heavy atom. The highest BCUT2D eigenvalue weighted by atomic mass is 28.4. The number of anilines is 1. The van der Waals surface area contributed by atoms with Crippen molar-refractivity contribution in [3.05, 3.63) is 42.2 Å². The zero-order valence-corrected chi connectivity index (χ0v) is 18.3. The molecule has 0 spiro atoms. The molecule has 0 saturated heterocycles. The Kier molecular flexibility index (Phi) is 5.36. The molecule has 7 nitrogen and oxygen atoms in total. The monoisotopic (exact) mass is 400 g/mol. The minimum atomic E-state index is -1.93. The van der Waals surface area contributed by atoms with Crippen LogP contribution >= 0.6 is 0 Å². The molecule has 0 amide bonds. The van der Waals surface area contributed by atoms with Gasteiger partial charge in [-0.2, -0.15) is 0 Å². The van der Waals surface area contributed by atoms with E-state index in [0.29, 0.717) is 23.9 Å². The van der Waals surface area contributed by atoms with Crippen LogP contribution in [0.25, 0.3) is 17.3 Å². The molecule has 0 atom stereocenters. The van der Waals surface area contributed by atoms with Gasteiger partial charge in [0, 0.05) is 5.56 Å². The van der Waals surface area contributed by atoms with Crippen LogP contribution in [0.15, 0.2) is 41.0 Å². The van der Waals surface area contributed by atoms with E-state index in [4.69, 9.17) is 19.3 Å². The van der Waals surface area contributed by atoms with Crippen molar-refractivity contribution in [3.8, 4) is 23.0 Å². The Labute approximate surface area is 166 Å². The number of benzene rings is 1. The zero-order chi connectivity index (χ0) is 20.5. The first-order valence-corrected chi connectivity index (χ1v) is 12.1. The minimum absolute atomic E-state index is 0.112. The van der Waals surface area contributed by atoms with Crippen molar-refractivity contribution < 1.29 is 13.6 Å². The van der Waals surface area contributed by atoms with Gasteiger partial charge in [0.05, 0.1) is 25.7 Å². The van der Waals surface area contributed by atoms with Gasteiger partial charge in [-0.05, 0) is 36.3 Å². The van der Waals surface area contributed by atoms with Gasteiger partial charge in [0.2, 0.25) is 11.8 Å². The van der Waals surface area contributed by atoms with Crippen molar-refractivity contribution in [3.63, 3.8) is 0 Å². The Morgan fingerprint density at radius 3 is 2.50 bits per heavy atom. The van der Waals surface area contributed by atoms with Crippen LogP contribution in [0.1, 0.15) is 26.3 Å². The number of methoxy groups -OCH3 is 1. The average molecular weight is 401 g/mol. The molecule has 0 bridgehead atoms. The van der Waals surface area contributed by atoms with E-state index in [0.717, 1.165) is 11.3 Å². The van der Waals surface area contributed by atoms with Crippen molar-refractivity contribution in [1.29, 1.82) is 0 Å². The molecule has 0 radical (unpaired) electrons. The molecule has 150 valence electrons. The van der Waals surface area contributed by atoms with E-state index in [1.165, 1.54) is 0 Å². The number of ether oxygens (including phenoxy) is 1. The summed E-state index contributed by atoms with van der Waals surface area (Å²) in [7, 11) is -0.305. The van der Waals surface area contributed by atoms with Crippen molar-refractivity contribution in [2.75, 3.05) is 12.8 Å². The fraction of sp³-hybridized carbons (Fsp3) is 0.400. The zero-order valence-electron chi connectivity index (χ0n) is 17.3. The first-order valence-electron chi connectivity index (χ1n) is 9.20. The number of nitrogen functional groups attached to an aromatic ring is 1. The number of rotatable bonds is 6. The third kappa shape index (κ3) is 3.70. The third-order valence-corrected chi connectivity index (χ3v) is 9.83. The Morgan fingerprint density at radius 2 is 1.89 bits per heavy atom. The number of hydrogen-bond acceptors (Lipinski definition) is 6. The maximum Gasteiger partial charge on any atom is 0.227 e. The second-order valence-corrected chi connectivity index (χ2v) is 13.0. The molecule has 3 aromatic rings. The minimum Gasteiger partial charge on any atom is -0.495 e. The lowest BCUT2D eigenvalue weighted by Gasteiger charge is -2.36. The predicted octanol–water partition coefficient (Wildman–Crippen LogP) is 4.64. The number of nitrogens with two attached hydrogens (primary N) is 1. The summed E-state index contributed by atoms with van der Waals surface area (Å²) in [6, 6.07) is 9.46. The number of nitrogens with zero attached hydrogens (tertiary/aromatic N) is 3. The van der Waals surface area contributed by atoms with Gasteiger partial charge in [-0.15, -0.1) is 10.2 Å². The topological polar surface area (TPSA) is 88.3 Å². The number of hydrogen-bond donors (Lipinski definition) is 1. The van der Waals surface area contributed by atoms with Gasteiger partial charge in [0.25, 0.3) is 0 Å². The van der Waals surface area contributed by atoms with Crippen LogP contribution in [0.5, 0.6) is 5.75 Å². The number of furan rings is 1. The molecule has 0 aliphatic heterocycles. The molecule has 2 aromatic heterocycles. The van der Waals surface area contributed by atoms with Crippen LogP contribution < -0.4 is 10.5 Å². The van der Waals surface area contributed by atoms with E-state index in [2.05, 4.69) is 44.1 Å². The van der Waals surface area contributed by atoms with Gasteiger partial charge in [0.15, 0.2) is 14.1 Å². The maximum absolute atomic E-state index is 6.45. The van der Waals surface area contributed by atoms with Gasteiger partial charge in [-0.1, -0.05) is 32.9 Å². The van der Waals surface area contributed by atoms with Crippen LogP contribution in [-0.2, 0) is 11.0 Å². The molecule has 0 unspecified atom stereocenters. The van der Waals surface area contributed by atoms with Gasteiger partial charge in [0.1, 0.15) is 5.75 Å². The van der Waals surface area contributed by atoms with Crippen molar-refractivity contribution >= 4 is 14.3 Å². The van der Waals surface area contributed by atoms with E-state index >= 15 is 0 Å². The number of para-hydroxylation sites is 1. The lowest BCUT2D eigenvalue weighted by molar-refractivity contribution is 0.275. The summed E-state index contributed by atoms with van der Waals surface area (Å²) in [5.74, 6) is 2.01. The lowest BCUT2D eigenvalue weighted by atomic mass is 10.1. The maximum atomic E-state index is 6.45. The highest BCUT2D eigenvalue weighted by Gasteiger charge is 2.37. The molecule has 8 heteroatoms. The largest absolute Gasteiger partial charge is 0.495 e. The van der Waals surface area contributed by atoms with Gasteiger partial charge < -0.3 is 19.3 Å². The quantitative estimate of drug-likeness (QED) is 0.606. The molecule has 0 fully saturated rings. The second-order valence-electron chi connectivity index (χ2n) is 8.21. The normalized spacial score (nSPS) is 12.4. The predicted molar refractivity (Wildman–Crippen MR) is 112 cm³/mol. The third-order valence-electron chi connectivity index (χ3n) is 5.35. The van der Waals surface area contributed by atoms with E-state index in [1.807, 2.05) is 24.3 Å².